The molecule has 0 unspecified atom stereocenters. The van der Waals surface area contributed by atoms with E-state index >= 15 is 0 Å². The highest BCUT2D eigenvalue weighted by atomic mass is 35.5. The van der Waals surface area contributed by atoms with Gasteiger partial charge in [0.25, 0.3) is 0 Å². The van der Waals surface area contributed by atoms with E-state index in [1.54, 1.807) is 54.6 Å². The van der Waals surface area contributed by atoms with Gasteiger partial charge in [0.1, 0.15) is 23.0 Å². The summed E-state index contributed by atoms with van der Waals surface area (Å²) in [5, 5.41) is 1.10. The Morgan fingerprint density at radius 2 is 1.08 bits per heavy atom. The minimum atomic E-state index is 0.454. The van der Waals surface area contributed by atoms with Gasteiger partial charge in [0.2, 0.25) is 0 Å². The Balaban J connectivity index is 1.81. The van der Waals surface area contributed by atoms with Crippen molar-refractivity contribution >= 4 is 34.6 Å². The van der Waals surface area contributed by atoms with Crippen LogP contribution in [0.4, 0.5) is 11.4 Å². The Morgan fingerprint density at radius 1 is 0.625 bits per heavy atom. The second kappa shape index (κ2) is 6.91. The van der Waals surface area contributed by atoms with Crippen molar-refractivity contribution < 1.29 is 9.47 Å². The van der Waals surface area contributed by atoms with Crippen molar-refractivity contribution in [2.45, 2.75) is 0 Å². The molecule has 0 aromatic heterocycles. The average Bonchev–Trinajstić information content (AvgIpc) is 2.53. The molecule has 0 atom stereocenters. The molecule has 6 heteroatoms. The van der Waals surface area contributed by atoms with Crippen molar-refractivity contribution in [3.63, 3.8) is 0 Å². The first-order chi connectivity index (χ1) is 11.5. The molecular weight excluding hydrogens is 347 g/mol. The lowest BCUT2D eigenvalue weighted by Gasteiger charge is -2.12. The molecule has 0 fully saturated rings. The number of benzene rings is 3. The number of nitrogens with two attached hydrogens (primary N) is 2. The summed E-state index contributed by atoms with van der Waals surface area (Å²) in [4.78, 5) is 0. The Hall–Kier alpha value is -2.56. The van der Waals surface area contributed by atoms with Gasteiger partial charge in [-0.1, -0.05) is 29.3 Å². The summed E-state index contributed by atoms with van der Waals surface area (Å²) >= 11 is 11.8. The lowest BCUT2D eigenvalue weighted by molar-refractivity contribution is 0.462. The largest absolute Gasteiger partial charge is 0.455 e. The van der Waals surface area contributed by atoms with Crippen LogP contribution in [0.2, 0.25) is 10.0 Å². The molecule has 0 radical (unpaired) electrons. The van der Waals surface area contributed by atoms with E-state index in [9.17, 15) is 0 Å². The monoisotopic (exact) mass is 360 g/mol. The highest BCUT2D eigenvalue weighted by Crippen LogP contribution is 2.34. The Bertz CT molecular complexity index is 816. The Labute approximate surface area is 149 Å². The van der Waals surface area contributed by atoms with Gasteiger partial charge < -0.3 is 20.9 Å². The summed E-state index contributed by atoms with van der Waals surface area (Å²) < 4.78 is 11.6. The Morgan fingerprint density at radius 3 is 1.50 bits per heavy atom. The fourth-order valence-electron chi connectivity index (χ4n) is 2.08. The summed E-state index contributed by atoms with van der Waals surface area (Å²) in [6.07, 6.45) is 0. The zero-order chi connectivity index (χ0) is 17.1. The SMILES string of the molecule is Nc1cc(Cl)ccc1Oc1cccc(Oc2ccc(Cl)cc2N)c1. The molecule has 0 spiro atoms. The van der Waals surface area contributed by atoms with Gasteiger partial charge in [0, 0.05) is 16.1 Å². The first kappa shape index (κ1) is 16.3. The van der Waals surface area contributed by atoms with Crippen LogP contribution >= 0.6 is 23.2 Å². The van der Waals surface area contributed by atoms with Crippen LogP contribution in [-0.4, -0.2) is 0 Å². The number of ether oxygens (including phenoxy) is 2. The van der Waals surface area contributed by atoms with Gasteiger partial charge in [-0.25, -0.2) is 0 Å². The van der Waals surface area contributed by atoms with Crippen molar-refractivity contribution in [2.75, 3.05) is 11.5 Å². The normalized spacial score (nSPS) is 10.4. The standard InChI is InChI=1S/C18H14Cl2N2O2/c19-11-4-6-17(15(21)8-11)23-13-2-1-3-14(10-13)24-18-7-5-12(20)9-16(18)22/h1-10H,21-22H2. The van der Waals surface area contributed by atoms with Gasteiger partial charge in [-0.3, -0.25) is 0 Å². The zero-order valence-corrected chi connectivity index (χ0v) is 14.0. The molecule has 0 saturated carbocycles. The molecule has 3 rings (SSSR count). The Kier molecular flexibility index (Phi) is 4.69. The smallest absolute Gasteiger partial charge is 0.150 e. The highest BCUT2D eigenvalue weighted by Gasteiger charge is 2.07. The van der Waals surface area contributed by atoms with Gasteiger partial charge in [-0.2, -0.15) is 0 Å². The van der Waals surface area contributed by atoms with Crippen molar-refractivity contribution in [1.82, 2.24) is 0 Å². The van der Waals surface area contributed by atoms with Gasteiger partial charge >= 0.3 is 0 Å². The van der Waals surface area contributed by atoms with Crippen LogP contribution in [0.5, 0.6) is 23.0 Å². The minimum absolute atomic E-state index is 0.454. The van der Waals surface area contributed by atoms with E-state index in [-0.39, 0.29) is 0 Å². The summed E-state index contributed by atoms with van der Waals surface area (Å²) in [5.41, 5.74) is 12.7. The third-order valence-electron chi connectivity index (χ3n) is 3.20. The van der Waals surface area contributed by atoms with Crippen molar-refractivity contribution in [3.8, 4) is 23.0 Å². The summed E-state index contributed by atoms with van der Waals surface area (Å²) in [6, 6.07) is 17.2. The number of hydrogen-bond donors (Lipinski definition) is 2. The summed E-state index contributed by atoms with van der Waals surface area (Å²) in [7, 11) is 0. The van der Waals surface area contributed by atoms with Crippen molar-refractivity contribution in [3.05, 3.63) is 70.7 Å². The van der Waals surface area contributed by atoms with E-state index in [1.807, 2.05) is 6.07 Å². The third-order valence-corrected chi connectivity index (χ3v) is 3.67. The summed E-state index contributed by atoms with van der Waals surface area (Å²) in [6.45, 7) is 0. The van der Waals surface area contributed by atoms with Crippen LogP contribution in [0.25, 0.3) is 0 Å². The predicted octanol–water partition coefficient (Wildman–Crippen LogP) is 5.74. The second-order valence-corrected chi connectivity index (χ2v) is 5.92. The molecule has 4 nitrogen and oxygen atoms in total. The van der Waals surface area contributed by atoms with E-state index < -0.39 is 0 Å². The molecule has 3 aromatic carbocycles. The molecule has 0 amide bonds. The molecule has 0 aliphatic heterocycles. The maximum absolute atomic E-state index is 5.90. The predicted molar refractivity (Wildman–Crippen MR) is 98.3 cm³/mol. The van der Waals surface area contributed by atoms with Gasteiger partial charge in [0.05, 0.1) is 11.4 Å². The number of hydrogen-bond acceptors (Lipinski definition) is 4. The first-order valence-electron chi connectivity index (χ1n) is 7.07. The minimum Gasteiger partial charge on any atom is -0.455 e. The summed E-state index contributed by atoms with van der Waals surface area (Å²) in [5.74, 6) is 2.19. The molecular formula is C18H14Cl2N2O2. The van der Waals surface area contributed by atoms with Crippen molar-refractivity contribution in [1.29, 1.82) is 0 Å². The third kappa shape index (κ3) is 3.85. The number of anilines is 2. The van der Waals surface area contributed by atoms with E-state index in [4.69, 9.17) is 44.1 Å². The van der Waals surface area contributed by atoms with Crippen LogP contribution in [0.15, 0.2) is 60.7 Å². The van der Waals surface area contributed by atoms with Gasteiger partial charge in [-0.05, 0) is 48.5 Å². The van der Waals surface area contributed by atoms with E-state index in [0.29, 0.717) is 44.4 Å². The van der Waals surface area contributed by atoms with Crippen LogP contribution < -0.4 is 20.9 Å². The van der Waals surface area contributed by atoms with Gasteiger partial charge in [0.15, 0.2) is 0 Å². The molecule has 0 saturated heterocycles. The van der Waals surface area contributed by atoms with Crippen LogP contribution in [0, 0.1) is 0 Å². The first-order valence-corrected chi connectivity index (χ1v) is 7.83. The maximum Gasteiger partial charge on any atom is 0.150 e. The zero-order valence-electron chi connectivity index (χ0n) is 12.5. The lowest BCUT2D eigenvalue weighted by Crippen LogP contribution is -1.94. The number of rotatable bonds is 4. The van der Waals surface area contributed by atoms with Crippen LogP contribution in [-0.2, 0) is 0 Å². The fraction of sp³-hybridized carbons (Fsp3) is 0. The molecule has 0 aliphatic carbocycles. The molecule has 3 aromatic rings. The molecule has 0 bridgehead atoms. The fourth-order valence-corrected chi connectivity index (χ4v) is 2.44. The van der Waals surface area contributed by atoms with Crippen LogP contribution in [0.1, 0.15) is 0 Å². The van der Waals surface area contributed by atoms with Gasteiger partial charge in [-0.15, -0.1) is 0 Å². The second-order valence-electron chi connectivity index (χ2n) is 5.04. The van der Waals surface area contributed by atoms with E-state index in [2.05, 4.69) is 0 Å². The topological polar surface area (TPSA) is 70.5 Å². The quantitative estimate of drug-likeness (QED) is 0.581. The molecule has 4 N–H and O–H groups in total. The van der Waals surface area contributed by atoms with E-state index in [0.717, 1.165) is 0 Å². The molecule has 24 heavy (non-hydrogen) atoms. The van der Waals surface area contributed by atoms with Crippen molar-refractivity contribution in [2.24, 2.45) is 0 Å². The molecule has 0 aliphatic rings. The van der Waals surface area contributed by atoms with Crippen LogP contribution in [0.3, 0.4) is 0 Å². The van der Waals surface area contributed by atoms with E-state index in [1.165, 1.54) is 0 Å². The molecule has 0 heterocycles. The average molecular weight is 361 g/mol. The maximum atomic E-state index is 5.90. The number of nitrogen functional groups attached to an aromatic ring is 2. The number of halogens is 2. The highest BCUT2D eigenvalue weighted by molar-refractivity contribution is 6.31. The molecule has 122 valence electrons. The lowest BCUT2D eigenvalue weighted by atomic mass is 10.2.